The highest BCUT2D eigenvalue weighted by Gasteiger charge is 2.50. The van der Waals surface area contributed by atoms with Crippen molar-refractivity contribution in [2.45, 2.75) is 50.0 Å². The fourth-order valence-electron chi connectivity index (χ4n) is 4.70. The first-order chi connectivity index (χ1) is 18.8. The van der Waals surface area contributed by atoms with Crippen molar-refractivity contribution >= 4 is 17.3 Å². The molecule has 39 heavy (non-hydrogen) atoms. The second-order valence-corrected chi connectivity index (χ2v) is 10.3. The largest absolute Gasteiger partial charge is 0.419 e. The number of hydrogen-bond acceptors (Lipinski definition) is 11. The van der Waals surface area contributed by atoms with Crippen LogP contribution in [0.2, 0.25) is 0 Å². The molecular weight excluding hydrogens is 498 g/mol. The van der Waals surface area contributed by atoms with Crippen molar-refractivity contribution in [3.8, 4) is 17.5 Å². The molecule has 0 saturated heterocycles. The lowest BCUT2D eigenvalue weighted by atomic mass is 10.0. The van der Waals surface area contributed by atoms with Crippen LogP contribution < -0.4 is 10.6 Å². The van der Waals surface area contributed by atoms with Crippen molar-refractivity contribution in [2.75, 3.05) is 17.2 Å². The van der Waals surface area contributed by atoms with Gasteiger partial charge in [0.25, 0.3) is 5.89 Å². The van der Waals surface area contributed by atoms with Gasteiger partial charge in [0.05, 0.1) is 35.7 Å². The summed E-state index contributed by atoms with van der Waals surface area (Å²) in [6, 6.07) is 16.7. The molecule has 1 fully saturated rings. The molecule has 0 amide bonds. The number of pyridine rings is 2. The van der Waals surface area contributed by atoms with Gasteiger partial charge >= 0.3 is 0 Å². The van der Waals surface area contributed by atoms with Crippen LogP contribution in [0, 0.1) is 11.3 Å². The summed E-state index contributed by atoms with van der Waals surface area (Å²) in [6.07, 6.45) is 1.94. The van der Waals surface area contributed by atoms with Crippen molar-refractivity contribution in [1.29, 1.82) is 5.26 Å². The van der Waals surface area contributed by atoms with Gasteiger partial charge in [0.2, 0.25) is 5.89 Å². The third-order valence-corrected chi connectivity index (χ3v) is 7.07. The highest BCUT2D eigenvalue weighted by atomic mass is 16.6. The highest BCUT2D eigenvalue weighted by Crippen LogP contribution is 2.47. The van der Waals surface area contributed by atoms with Gasteiger partial charge in [-0.2, -0.15) is 5.26 Å². The molecule has 1 aromatic carbocycles. The first-order valence-corrected chi connectivity index (χ1v) is 12.6. The average molecular weight is 526 g/mol. The summed E-state index contributed by atoms with van der Waals surface area (Å²) in [5.74, 6) is 1.52. The van der Waals surface area contributed by atoms with E-state index in [1.54, 1.807) is 24.4 Å². The maximum Gasteiger partial charge on any atom is 0.251 e. The maximum absolute atomic E-state index is 10.2. The van der Waals surface area contributed by atoms with Crippen molar-refractivity contribution in [2.24, 2.45) is 0 Å². The Hall–Kier alpha value is -4.37. The lowest BCUT2D eigenvalue weighted by Crippen LogP contribution is -2.17. The molecule has 11 heteroatoms. The van der Waals surface area contributed by atoms with Crippen molar-refractivity contribution in [3.05, 3.63) is 77.4 Å². The van der Waals surface area contributed by atoms with Crippen molar-refractivity contribution < 1.29 is 19.4 Å². The lowest BCUT2D eigenvalue weighted by molar-refractivity contribution is -0.158. The standard InChI is InChI=1S/C28H27N7O4/c1-27(2)23-17(25(37)39-27)8-9-21(33-23)32-22-12-19(31-20(14-36)16-6-4-3-5-7-16)18(13-30-22)24-34-35-26(38-24)28(15-29)10-11-28/h3-9,12-13,20,25,36-37H,10-11,14H2,1-2H3,(H2,30,31,32,33)/t20-,25?/m1/s1. The smallest absolute Gasteiger partial charge is 0.251 e. The Labute approximate surface area is 224 Å². The van der Waals surface area contributed by atoms with Gasteiger partial charge in [0, 0.05) is 17.8 Å². The monoisotopic (exact) mass is 525 g/mol. The Morgan fingerprint density at radius 2 is 1.92 bits per heavy atom. The van der Waals surface area contributed by atoms with Gasteiger partial charge in [-0.15, -0.1) is 10.2 Å². The number of anilines is 3. The van der Waals surface area contributed by atoms with Gasteiger partial charge in [0.15, 0.2) is 6.29 Å². The van der Waals surface area contributed by atoms with Gasteiger partial charge in [-0.1, -0.05) is 30.3 Å². The maximum atomic E-state index is 10.2. The van der Waals surface area contributed by atoms with Crippen LogP contribution in [0.15, 0.2) is 59.1 Å². The van der Waals surface area contributed by atoms with Gasteiger partial charge in [-0.05, 0) is 44.4 Å². The molecule has 4 heterocycles. The zero-order valence-electron chi connectivity index (χ0n) is 21.4. The number of nitriles is 1. The second kappa shape index (κ2) is 9.43. The van der Waals surface area contributed by atoms with E-state index in [-0.39, 0.29) is 12.5 Å². The molecule has 1 aliphatic carbocycles. The quantitative estimate of drug-likeness (QED) is 0.260. The number of fused-ring (bicyclic) bond motifs is 1. The minimum atomic E-state index is -1.02. The number of nitrogens with one attached hydrogen (secondary N) is 2. The highest BCUT2D eigenvalue weighted by molar-refractivity contribution is 5.75. The van der Waals surface area contributed by atoms with E-state index >= 15 is 0 Å². The lowest BCUT2D eigenvalue weighted by Gasteiger charge is -2.20. The van der Waals surface area contributed by atoms with Crippen LogP contribution in [-0.4, -0.2) is 37.0 Å². The molecule has 1 aliphatic heterocycles. The predicted molar refractivity (Wildman–Crippen MR) is 141 cm³/mol. The molecule has 0 spiro atoms. The summed E-state index contributed by atoms with van der Waals surface area (Å²) in [5.41, 5.74) is 1.83. The van der Waals surface area contributed by atoms with Crippen molar-refractivity contribution in [3.63, 3.8) is 0 Å². The van der Waals surface area contributed by atoms with E-state index in [0.29, 0.717) is 52.9 Å². The third-order valence-electron chi connectivity index (χ3n) is 7.07. The SMILES string of the molecule is CC1(C)OC(O)c2ccc(Nc3cc(N[C@H](CO)c4ccccc4)c(-c4nnc(C5(C#N)CC5)o4)cn3)nc21. The normalized spacial score (nSPS) is 19.1. The summed E-state index contributed by atoms with van der Waals surface area (Å²) < 4.78 is 11.6. The predicted octanol–water partition coefficient (Wildman–Crippen LogP) is 4.23. The molecule has 2 aliphatic rings. The summed E-state index contributed by atoms with van der Waals surface area (Å²) in [4.78, 5) is 9.21. The molecular formula is C28H27N7O4. The average Bonchev–Trinajstić information content (AvgIpc) is 3.52. The number of hydrogen-bond donors (Lipinski definition) is 4. The molecule has 11 nitrogen and oxygen atoms in total. The molecule has 2 atom stereocenters. The molecule has 0 radical (unpaired) electrons. The van der Waals surface area contributed by atoms with Gasteiger partial charge < -0.3 is 30.0 Å². The molecule has 6 rings (SSSR count). The van der Waals surface area contributed by atoms with E-state index in [1.807, 2.05) is 44.2 Å². The summed E-state index contributed by atoms with van der Waals surface area (Å²) in [5, 5.41) is 44.8. The van der Waals surface area contributed by atoms with Crippen LogP contribution in [0.25, 0.3) is 11.5 Å². The van der Waals surface area contributed by atoms with Gasteiger partial charge in [0.1, 0.15) is 22.7 Å². The molecule has 3 aromatic heterocycles. The Morgan fingerprint density at radius 3 is 2.64 bits per heavy atom. The van der Waals surface area contributed by atoms with E-state index in [1.165, 1.54) is 0 Å². The summed E-state index contributed by atoms with van der Waals surface area (Å²) in [6.45, 7) is 3.54. The number of aromatic nitrogens is 4. The van der Waals surface area contributed by atoms with Gasteiger partial charge in [-0.3, -0.25) is 0 Å². The van der Waals surface area contributed by atoms with Crippen LogP contribution in [-0.2, 0) is 15.8 Å². The zero-order valence-corrected chi connectivity index (χ0v) is 21.4. The van der Waals surface area contributed by atoms with E-state index < -0.39 is 23.3 Å². The summed E-state index contributed by atoms with van der Waals surface area (Å²) >= 11 is 0. The summed E-state index contributed by atoms with van der Waals surface area (Å²) in [7, 11) is 0. The Bertz CT molecular complexity index is 1560. The third kappa shape index (κ3) is 4.59. The van der Waals surface area contributed by atoms with E-state index in [2.05, 4.69) is 36.9 Å². The second-order valence-electron chi connectivity index (χ2n) is 10.3. The van der Waals surface area contributed by atoms with E-state index in [9.17, 15) is 15.5 Å². The van der Waals surface area contributed by atoms with E-state index in [4.69, 9.17) is 9.15 Å². The van der Waals surface area contributed by atoms with Crippen LogP contribution in [0.5, 0.6) is 0 Å². The van der Waals surface area contributed by atoms with Crippen LogP contribution in [0.3, 0.4) is 0 Å². The molecule has 1 saturated carbocycles. The Kier molecular flexibility index (Phi) is 6.03. The number of ether oxygens (including phenoxy) is 1. The Morgan fingerprint density at radius 1 is 1.13 bits per heavy atom. The van der Waals surface area contributed by atoms with Crippen LogP contribution >= 0.6 is 0 Å². The number of benzene rings is 1. The molecule has 4 N–H and O–H groups in total. The number of rotatable bonds is 8. The molecule has 1 unspecified atom stereocenters. The first kappa shape index (κ1) is 24.9. The van der Waals surface area contributed by atoms with E-state index in [0.717, 1.165) is 5.56 Å². The zero-order chi connectivity index (χ0) is 27.2. The molecule has 4 aromatic rings. The van der Waals surface area contributed by atoms with Crippen molar-refractivity contribution in [1.82, 2.24) is 20.2 Å². The van der Waals surface area contributed by atoms with Crippen LogP contribution in [0.1, 0.15) is 61.7 Å². The topological polar surface area (TPSA) is 162 Å². The molecule has 198 valence electrons. The minimum absolute atomic E-state index is 0.162. The molecule has 0 bridgehead atoms. The first-order valence-electron chi connectivity index (χ1n) is 12.6. The Balaban J connectivity index is 1.36. The number of nitrogens with zero attached hydrogens (tertiary/aromatic N) is 5. The number of aliphatic hydroxyl groups is 2. The minimum Gasteiger partial charge on any atom is -0.419 e. The number of aliphatic hydroxyl groups excluding tert-OH is 2. The van der Waals surface area contributed by atoms with Crippen LogP contribution in [0.4, 0.5) is 17.3 Å². The fraction of sp³-hybridized carbons (Fsp3) is 0.321. The fourth-order valence-corrected chi connectivity index (χ4v) is 4.70. The van der Waals surface area contributed by atoms with Gasteiger partial charge in [-0.25, -0.2) is 9.97 Å².